The zero-order valence-electron chi connectivity index (χ0n) is 15.5. The summed E-state index contributed by atoms with van der Waals surface area (Å²) in [6.07, 6.45) is -4.44. The Labute approximate surface area is 173 Å². The third-order valence-corrected chi connectivity index (χ3v) is 4.41. The number of hydrogen-bond donors (Lipinski definition) is 2. The van der Waals surface area contributed by atoms with Crippen molar-refractivity contribution in [1.29, 1.82) is 0 Å². The molecule has 3 aromatic rings. The minimum absolute atomic E-state index is 0.129. The molecule has 1 heterocycles. The number of anilines is 1. The lowest BCUT2D eigenvalue weighted by Crippen LogP contribution is -2.21. The van der Waals surface area contributed by atoms with Gasteiger partial charge in [-0.2, -0.15) is 13.2 Å². The highest BCUT2D eigenvalue weighted by atomic mass is 35.5. The van der Waals surface area contributed by atoms with Crippen LogP contribution in [0.2, 0.25) is 5.02 Å². The molecular formula is C20H15ClF3N3O3. The number of halogens is 4. The summed E-state index contributed by atoms with van der Waals surface area (Å²) in [5, 5.41) is 1.81. The predicted molar refractivity (Wildman–Crippen MR) is 105 cm³/mol. The van der Waals surface area contributed by atoms with Crippen molar-refractivity contribution in [1.82, 2.24) is 9.97 Å². The summed E-state index contributed by atoms with van der Waals surface area (Å²) in [7, 11) is 1.54. The quantitative estimate of drug-likeness (QED) is 0.623. The van der Waals surface area contributed by atoms with Gasteiger partial charge in [-0.15, -0.1) is 0 Å². The fourth-order valence-corrected chi connectivity index (χ4v) is 2.88. The van der Waals surface area contributed by atoms with Crippen LogP contribution >= 0.6 is 11.6 Å². The third kappa shape index (κ3) is 5.18. The Hall–Kier alpha value is -3.33. The number of benzene rings is 2. The number of ether oxygens (including phenoxy) is 1. The summed E-state index contributed by atoms with van der Waals surface area (Å²) in [5.74, 6) is 0.0620. The number of amides is 1. The number of H-pyrrole nitrogens is 1. The molecule has 3 rings (SSSR count). The van der Waals surface area contributed by atoms with Gasteiger partial charge in [-0.05, 0) is 35.9 Å². The Kier molecular flexibility index (Phi) is 6.12. The number of nitrogens with zero attached hydrogens (tertiary/aromatic N) is 1. The highest BCUT2D eigenvalue weighted by Gasteiger charge is 2.33. The van der Waals surface area contributed by atoms with Gasteiger partial charge in [-0.3, -0.25) is 9.59 Å². The Morgan fingerprint density at radius 1 is 1.17 bits per heavy atom. The third-order valence-electron chi connectivity index (χ3n) is 4.08. The molecule has 156 valence electrons. The van der Waals surface area contributed by atoms with Crippen LogP contribution in [0.3, 0.4) is 0 Å². The van der Waals surface area contributed by atoms with E-state index in [1.54, 1.807) is 24.3 Å². The molecule has 0 unspecified atom stereocenters. The van der Waals surface area contributed by atoms with Crippen molar-refractivity contribution < 1.29 is 22.7 Å². The Balaban J connectivity index is 1.82. The molecule has 0 aliphatic heterocycles. The van der Waals surface area contributed by atoms with Gasteiger partial charge in [0.25, 0.3) is 11.5 Å². The van der Waals surface area contributed by atoms with Crippen molar-refractivity contribution in [3.05, 3.63) is 86.6 Å². The molecule has 2 aromatic carbocycles. The van der Waals surface area contributed by atoms with Crippen molar-refractivity contribution in [3.8, 4) is 5.75 Å². The van der Waals surface area contributed by atoms with Gasteiger partial charge in [0.05, 0.1) is 17.7 Å². The van der Waals surface area contributed by atoms with E-state index in [1.807, 2.05) is 0 Å². The number of carbonyl (C=O) groups is 1. The van der Waals surface area contributed by atoms with Crippen LogP contribution < -0.4 is 15.6 Å². The number of methoxy groups -OCH3 is 1. The summed E-state index contributed by atoms with van der Waals surface area (Å²) in [4.78, 5) is 31.0. The van der Waals surface area contributed by atoms with Crippen LogP contribution in [0, 0.1) is 0 Å². The minimum atomic E-state index is -4.68. The number of alkyl halides is 3. The molecule has 1 amide bonds. The number of carbonyl (C=O) groups excluding carboxylic acids is 1. The van der Waals surface area contributed by atoms with Crippen molar-refractivity contribution in [2.75, 3.05) is 12.4 Å². The van der Waals surface area contributed by atoms with E-state index >= 15 is 0 Å². The number of aromatic nitrogens is 2. The van der Waals surface area contributed by atoms with Crippen LogP contribution in [0.25, 0.3) is 0 Å². The van der Waals surface area contributed by atoms with Gasteiger partial charge in [0.2, 0.25) is 0 Å². The van der Waals surface area contributed by atoms with E-state index in [2.05, 4.69) is 15.3 Å². The molecule has 1 aromatic heterocycles. The molecule has 0 saturated carbocycles. The molecule has 6 nitrogen and oxygen atoms in total. The van der Waals surface area contributed by atoms with Gasteiger partial charge < -0.3 is 15.0 Å². The van der Waals surface area contributed by atoms with Gasteiger partial charge in [-0.1, -0.05) is 23.7 Å². The molecule has 0 bridgehead atoms. The second-order valence-electron chi connectivity index (χ2n) is 6.25. The molecule has 0 saturated heterocycles. The average molecular weight is 438 g/mol. The zero-order chi connectivity index (χ0) is 21.9. The normalized spacial score (nSPS) is 11.2. The molecule has 0 radical (unpaired) electrons. The van der Waals surface area contributed by atoms with Gasteiger partial charge in [-0.25, -0.2) is 4.98 Å². The van der Waals surface area contributed by atoms with E-state index in [9.17, 15) is 22.8 Å². The SMILES string of the molecule is COc1ccc(Cc2nc(C(=O)Nc3ccc(Cl)c(C(F)(F)F)c3)cc(=O)[nH]2)cc1. The molecule has 0 fully saturated rings. The first-order chi connectivity index (χ1) is 14.2. The van der Waals surface area contributed by atoms with Gasteiger partial charge >= 0.3 is 6.18 Å². The number of rotatable bonds is 5. The minimum Gasteiger partial charge on any atom is -0.497 e. The van der Waals surface area contributed by atoms with Gasteiger partial charge in [0.1, 0.15) is 17.3 Å². The first-order valence-corrected chi connectivity index (χ1v) is 8.95. The summed E-state index contributed by atoms with van der Waals surface area (Å²) in [5.41, 5.74) is -1.20. The van der Waals surface area contributed by atoms with Crippen molar-refractivity contribution in [2.45, 2.75) is 12.6 Å². The maximum Gasteiger partial charge on any atom is 0.417 e. The molecule has 0 aliphatic rings. The summed E-state index contributed by atoms with van der Waals surface area (Å²) in [6.45, 7) is 0. The molecule has 0 aliphatic carbocycles. The summed E-state index contributed by atoms with van der Waals surface area (Å²) >= 11 is 5.57. The van der Waals surface area contributed by atoms with Crippen LogP contribution in [0.4, 0.5) is 18.9 Å². The monoisotopic (exact) mass is 437 g/mol. The van der Waals surface area contributed by atoms with Gasteiger partial charge in [0, 0.05) is 18.2 Å². The van der Waals surface area contributed by atoms with Crippen molar-refractivity contribution >= 4 is 23.2 Å². The Bertz CT molecular complexity index is 1130. The van der Waals surface area contributed by atoms with E-state index in [0.717, 1.165) is 17.7 Å². The molecule has 0 atom stereocenters. The van der Waals surface area contributed by atoms with Crippen LogP contribution in [0.5, 0.6) is 5.75 Å². The number of nitrogens with one attached hydrogen (secondary N) is 2. The Morgan fingerprint density at radius 3 is 2.50 bits per heavy atom. The highest BCUT2D eigenvalue weighted by Crippen LogP contribution is 2.36. The fraction of sp³-hybridized carbons (Fsp3) is 0.150. The van der Waals surface area contributed by atoms with Crippen LogP contribution in [0.1, 0.15) is 27.4 Å². The maximum atomic E-state index is 13.0. The molecule has 0 spiro atoms. The standard InChI is InChI=1S/C20H15ClF3N3O3/c1-30-13-5-2-11(3-6-13)8-17-26-16(10-18(28)27-17)19(29)25-12-4-7-15(21)14(9-12)20(22,23)24/h2-7,9-10H,8H2,1H3,(H,25,29)(H,26,27,28). The lowest BCUT2D eigenvalue weighted by Gasteiger charge is -2.12. The predicted octanol–water partition coefficient (Wildman–Crippen LogP) is 4.29. The summed E-state index contributed by atoms with van der Waals surface area (Å²) in [6, 6.07) is 11.0. The van der Waals surface area contributed by atoms with E-state index in [0.29, 0.717) is 11.8 Å². The van der Waals surface area contributed by atoms with Crippen LogP contribution in [-0.4, -0.2) is 23.0 Å². The fourth-order valence-electron chi connectivity index (χ4n) is 2.66. The smallest absolute Gasteiger partial charge is 0.417 e. The molecule has 10 heteroatoms. The van der Waals surface area contributed by atoms with Crippen molar-refractivity contribution in [2.24, 2.45) is 0 Å². The first-order valence-electron chi connectivity index (χ1n) is 8.57. The molecule has 30 heavy (non-hydrogen) atoms. The zero-order valence-corrected chi connectivity index (χ0v) is 16.3. The first kappa shape index (κ1) is 21.4. The largest absolute Gasteiger partial charge is 0.497 e. The van der Waals surface area contributed by atoms with Gasteiger partial charge in [0.15, 0.2) is 0 Å². The highest BCUT2D eigenvalue weighted by molar-refractivity contribution is 6.31. The van der Waals surface area contributed by atoms with Crippen LogP contribution in [-0.2, 0) is 12.6 Å². The van der Waals surface area contributed by atoms with Crippen LogP contribution in [0.15, 0.2) is 53.3 Å². The molecular weight excluding hydrogens is 423 g/mol. The van der Waals surface area contributed by atoms with Crippen molar-refractivity contribution in [3.63, 3.8) is 0 Å². The Morgan fingerprint density at radius 2 is 1.87 bits per heavy atom. The lowest BCUT2D eigenvalue weighted by atomic mass is 10.1. The second-order valence-corrected chi connectivity index (χ2v) is 6.66. The van der Waals surface area contributed by atoms with E-state index in [4.69, 9.17) is 16.3 Å². The van der Waals surface area contributed by atoms with E-state index < -0.39 is 28.2 Å². The average Bonchev–Trinajstić information content (AvgIpc) is 2.68. The second kappa shape index (κ2) is 8.58. The van der Waals surface area contributed by atoms with E-state index in [-0.39, 0.29) is 23.6 Å². The number of aromatic amines is 1. The topological polar surface area (TPSA) is 84.1 Å². The van der Waals surface area contributed by atoms with E-state index in [1.165, 1.54) is 13.2 Å². The maximum absolute atomic E-state index is 13.0. The molecule has 2 N–H and O–H groups in total. The summed E-state index contributed by atoms with van der Waals surface area (Å²) < 4.78 is 44.0. The lowest BCUT2D eigenvalue weighted by molar-refractivity contribution is -0.137. The number of hydrogen-bond acceptors (Lipinski definition) is 4.